The molecule has 5 heteroatoms. The van der Waals surface area contributed by atoms with E-state index in [2.05, 4.69) is 12.2 Å². The summed E-state index contributed by atoms with van der Waals surface area (Å²) in [6.45, 7) is 5.16. The van der Waals surface area contributed by atoms with E-state index >= 15 is 0 Å². The van der Waals surface area contributed by atoms with Crippen LogP contribution in [0.1, 0.15) is 6.92 Å². The Morgan fingerprint density at radius 3 is 2.18 bits per heavy atom. The summed E-state index contributed by atoms with van der Waals surface area (Å²) >= 11 is 0. The van der Waals surface area contributed by atoms with Crippen molar-refractivity contribution < 1.29 is 14.3 Å². The molecule has 98 valence electrons. The molecule has 5 nitrogen and oxygen atoms in total. The van der Waals surface area contributed by atoms with E-state index in [0.29, 0.717) is 19.0 Å². The van der Waals surface area contributed by atoms with Crippen molar-refractivity contribution in [2.24, 2.45) is 11.8 Å². The van der Waals surface area contributed by atoms with Crippen molar-refractivity contribution in [2.75, 3.05) is 40.4 Å². The maximum absolute atomic E-state index is 12.4. The van der Waals surface area contributed by atoms with Gasteiger partial charge in [0.05, 0.1) is 5.92 Å². The maximum Gasteiger partial charge on any atom is 0.227 e. The van der Waals surface area contributed by atoms with Crippen LogP contribution >= 0.6 is 0 Å². The van der Waals surface area contributed by atoms with Crippen LogP contribution in [0, 0.1) is 11.8 Å². The number of rotatable bonds is 3. The highest BCUT2D eigenvalue weighted by Gasteiger charge is 2.40. The first-order valence-corrected chi connectivity index (χ1v) is 6.22. The Morgan fingerprint density at radius 1 is 1.18 bits per heavy atom. The molecule has 0 spiro atoms. The predicted octanol–water partition coefficient (Wildman–Crippen LogP) is -0.286. The van der Waals surface area contributed by atoms with Gasteiger partial charge in [0, 0.05) is 33.9 Å². The summed E-state index contributed by atoms with van der Waals surface area (Å²) < 4.78 is 10.7. The van der Waals surface area contributed by atoms with Crippen molar-refractivity contribution in [1.29, 1.82) is 0 Å². The number of nitrogens with zero attached hydrogens (tertiary/aromatic N) is 1. The molecule has 2 aliphatic heterocycles. The number of hydrogen-bond donors (Lipinski definition) is 1. The summed E-state index contributed by atoms with van der Waals surface area (Å²) in [4.78, 5) is 14.2. The Bertz CT molecular complexity index is 273. The third-order valence-electron chi connectivity index (χ3n) is 3.97. The van der Waals surface area contributed by atoms with Gasteiger partial charge in [-0.2, -0.15) is 0 Å². The molecule has 2 rings (SSSR count). The lowest BCUT2D eigenvalue weighted by atomic mass is 9.97. The van der Waals surface area contributed by atoms with Gasteiger partial charge >= 0.3 is 0 Å². The first-order valence-electron chi connectivity index (χ1n) is 6.22. The summed E-state index contributed by atoms with van der Waals surface area (Å²) in [5.41, 5.74) is 0. The monoisotopic (exact) mass is 242 g/mol. The maximum atomic E-state index is 12.4. The van der Waals surface area contributed by atoms with E-state index in [1.54, 1.807) is 14.2 Å². The third-order valence-corrected chi connectivity index (χ3v) is 3.97. The molecule has 0 saturated carbocycles. The molecule has 0 aliphatic carbocycles. The molecule has 0 aromatic carbocycles. The van der Waals surface area contributed by atoms with Gasteiger partial charge in [0.2, 0.25) is 5.91 Å². The standard InChI is InChI=1S/C12H22N2O3/c1-8-4-13-5-9(8)12(15)14-6-10(16-2)11(7-14)17-3/h8-11,13H,4-7H2,1-3H3/t8-,9-,10?,11?/m1/s1. The number of hydrogen-bond acceptors (Lipinski definition) is 4. The van der Waals surface area contributed by atoms with Crippen LogP contribution < -0.4 is 5.32 Å². The van der Waals surface area contributed by atoms with E-state index in [1.165, 1.54) is 0 Å². The molecule has 0 aromatic heterocycles. The zero-order chi connectivity index (χ0) is 12.4. The number of methoxy groups -OCH3 is 2. The van der Waals surface area contributed by atoms with Crippen molar-refractivity contribution in [3.63, 3.8) is 0 Å². The largest absolute Gasteiger partial charge is 0.377 e. The Labute approximate surface area is 102 Å². The van der Waals surface area contributed by atoms with Crippen molar-refractivity contribution >= 4 is 5.91 Å². The van der Waals surface area contributed by atoms with Gasteiger partial charge in [-0.25, -0.2) is 0 Å². The van der Waals surface area contributed by atoms with E-state index in [0.717, 1.165) is 13.1 Å². The molecule has 2 saturated heterocycles. The lowest BCUT2D eigenvalue weighted by molar-refractivity contribution is -0.135. The van der Waals surface area contributed by atoms with E-state index in [-0.39, 0.29) is 24.0 Å². The minimum Gasteiger partial charge on any atom is -0.377 e. The predicted molar refractivity (Wildman–Crippen MR) is 63.7 cm³/mol. The van der Waals surface area contributed by atoms with Crippen LogP contribution in [-0.2, 0) is 14.3 Å². The number of ether oxygens (including phenoxy) is 2. The molecule has 17 heavy (non-hydrogen) atoms. The van der Waals surface area contributed by atoms with Gasteiger partial charge in [-0.05, 0) is 12.5 Å². The van der Waals surface area contributed by atoms with Gasteiger partial charge in [-0.15, -0.1) is 0 Å². The van der Waals surface area contributed by atoms with Crippen LogP contribution in [0.4, 0.5) is 0 Å². The van der Waals surface area contributed by atoms with Gasteiger partial charge < -0.3 is 19.7 Å². The zero-order valence-electron chi connectivity index (χ0n) is 10.8. The van der Waals surface area contributed by atoms with Crippen molar-refractivity contribution in [3.8, 4) is 0 Å². The van der Waals surface area contributed by atoms with E-state index in [9.17, 15) is 4.79 Å². The number of carbonyl (C=O) groups is 1. The molecule has 1 N–H and O–H groups in total. The summed E-state index contributed by atoms with van der Waals surface area (Å²) in [6, 6.07) is 0. The van der Waals surface area contributed by atoms with Crippen LogP contribution in [0.25, 0.3) is 0 Å². The SMILES string of the molecule is COC1CN(C(=O)[C@@H]2CNC[C@H]2C)CC1OC. The van der Waals surface area contributed by atoms with Gasteiger partial charge in [0.1, 0.15) is 12.2 Å². The highest BCUT2D eigenvalue weighted by Crippen LogP contribution is 2.23. The number of likely N-dealkylation sites (tertiary alicyclic amines) is 1. The second-order valence-corrected chi connectivity index (χ2v) is 5.03. The van der Waals surface area contributed by atoms with Crippen LogP contribution in [0.15, 0.2) is 0 Å². The van der Waals surface area contributed by atoms with E-state index in [1.807, 2.05) is 4.90 Å². The fourth-order valence-corrected chi connectivity index (χ4v) is 2.75. The fraction of sp³-hybridized carbons (Fsp3) is 0.917. The Hall–Kier alpha value is -0.650. The summed E-state index contributed by atoms with van der Waals surface area (Å²) in [5, 5.41) is 3.27. The minimum atomic E-state index is 0.00798. The van der Waals surface area contributed by atoms with Gasteiger partial charge in [-0.3, -0.25) is 4.79 Å². The van der Waals surface area contributed by atoms with Crippen LogP contribution in [0.2, 0.25) is 0 Å². The summed E-state index contributed by atoms with van der Waals surface area (Å²) in [6.07, 6.45) is 0.0160. The first-order chi connectivity index (χ1) is 8.17. The highest BCUT2D eigenvalue weighted by atomic mass is 16.5. The average molecular weight is 242 g/mol. The molecule has 4 atom stereocenters. The zero-order valence-corrected chi connectivity index (χ0v) is 10.8. The fourth-order valence-electron chi connectivity index (χ4n) is 2.75. The molecular weight excluding hydrogens is 220 g/mol. The average Bonchev–Trinajstić information content (AvgIpc) is 2.93. The van der Waals surface area contributed by atoms with E-state index in [4.69, 9.17) is 9.47 Å². The normalized spacial score (nSPS) is 37.7. The third kappa shape index (κ3) is 2.46. The molecule has 0 radical (unpaired) electrons. The molecule has 0 aromatic rings. The van der Waals surface area contributed by atoms with Crippen LogP contribution in [0.3, 0.4) is 0 Å². The van der Waals surface area contributed by atoms with Gasteiger partial charge in [-0.1, -0.05) is 6.92 Å². The second-order valence-electron chi connectivity index (χ2n) is 5.03. The second kappa shape index (κ2) is 5.33. The Morgan fingerprint density at radius 2 is 1.76 bits per heavy atom. The molecule has 2 unspecified atom stereocenters. The van der Waals surface area contributed by atoms with Crippen LogP contribution in [0.5, 0.6) is 0 Å². The minimum absolute atomic E-state index is 0.00798. The molecule has 0 bridgehead atoms. The molecule has 2 heterocycles. The van der Waals surface area contributed by atoms with Crippen LogP contribution in [-0.4, -0.2) is 63.4 Å². The molecule has 2 aliphatic rings. The Kier molecular flexibility index (Phi) is 4.01. The molecule has 1 amide bonds. The van der Waals surface area contributed by atoms with Crippen molar-refractivity contribution in [1.82, 2.24) is 10.2 Å². The number of carbonyl (C=O) groups excluding carboxylic acids is 1. The number of amides is 1. The molecular formula is C12H22N2O3. The smallest absolute Gasteiger partial charge is 0.227 e. The lowest BCUT2D eigenvalue weighted by Crippen LogP contribution is -2.38. The number of nitrogens with one attached hydrogen (secondary N) is 1. The Balaban J connectivity index is 1.97. The van der Waals surface area contributed by atoms with Crippen molar-refractivity contribution in [3.05, 3.63) is 0 Å². The topological polar surface area (TPSA) is 50.8 Å². The summed E-state index contributed by atoms with van der Waals surface area (Å²) in [5.74, 6) is 0.775. The molecule has 2 fully saturated rings. The van der Waals surface area contributed by atoms with Crippen molar-refractivity contribution in [2.45, 2.75) is 19.1 Å². The highest BCUT2D eigenvalue weighted by molar-refractivity contribution is 5.80. The van der Waals surface area contributed by atoms with Gasteiger partial charge in [0.15, 0.2) is 0 Å². The lowest BCUT2D eigenvalue weighted by Gasteiger charge is -2.22. The summed E-state index contributed by atoms with van der Waals surface area (Å²) in [7, 11) is 3.34. The van der Waals surface area contributed by atoms with E-state index < -0.39 is 0 Å². The quantitative estimate of drug-likeness (QED) is 0.739. The van der Waals surface area contributed by atoms with Gasteiger partial charge in [0.25, 0.3) is 0 Å². The first kappa shape index (κ1) is 12.8.